The summed E-state index contributed by atoms with van der Waals surface area (Å²) in [4.78, 5) is 10.5. The quantitative estimate of drug-likeness (QED) is 0.447. The lowest BCUT2D eigenvalue weighted by Crippen LogP contribution is -2.07. The first-order chi connectivity index (χ1) is 9.16. The molecule has 0 amide bonds. The van der Waals surface area contributed by atoms with Crippen molar-refractivity contribution in [2.45, 2.75) is 4.84 Å². The largest absolute Gasteiger partial charge is 0.291 e. The highest BCUT2D eigenvalue weighted by molar-refractivity contribution is 6.55. The standard InChI is InChI=1S/C16H12Cl2O/c17-16(18)15(19)14-10-8-13(9-11-14)7-6-12-4-2-1-3-5-12/h1-11,16H. The van der Waals surface area contributed by atoms with Crippen LogP contribution in [0.1, 0.15) is 21.5 Å². The molecule has 0 bridgehead atoms. The maximum atomic E-state index is 11.6. The summed E-state index contributed by atoms with van der Waals surface area (Å²) in [6, 6.07) is 17.2. The summed E-state index contributed by atoms with van der Waals surface area (Å²) < 4.78 is 0. The first kappa shape index (κ1) is 13.9. The van der Waals surface area contributed by atoms with Gasteiger partial charge >= 0.3 is 0 Å². The van der Waals surface area contributed by atoms with Gasteiger partial charge in [0.1, 0.15) is 0 Å². The summed E-state index contributed by atoms with van der Waals surface area (Å²) >= 11 is 11.1. The van der Waals surface area contributed by atoms with Gasteiger partial charge < -0.3 is 0 Å². The average molecular weight is 291 g/mol. The van der Waals surface area contributed by atoms with Crippen LogP contribution >= 0.6 is 23.2 Å². The van der Waals surface area contributed by atoms with Gasteiger partial charge in [0.05, 0.1) is 0 Å². The molecule has 2 aromatic carbocycles. The highest BCUT2D eigenvalue weighted by Gasteiger charge is 2.13. The second-order valence-corrected chi connectivity index (χ2v) is 5.13. The Morgan fingerprint density at radius 1 is 0.842 bits per heavy atom. The fourth-order valence-corrected chi connectivity index (χ4v) is 1.89. The topological polar surface area (TPSA) is 17.1 Å². The Kier molecular flexibility index (Phi) is 4.78. The number of Topliss-reactive ketones (excluding diaryl/α,β-unsaturated/α-hetero) is 1. The van der Waals surface area contributed by atoms with E-state index in [0.717, 1.165) is 11.1 Å². The van der Waals surface area contributed by atoms with E-state index in [2.05, 4.69) is 0 Å². The molecule has 2 aromatic rings. The molecule has 0 N–H and O–H groups in total. The average Bonchev–Trinajstić information content (AvgIpc) is 2.46. The van der Waals surface area contributed by atoms with Crippen molar-refractivity contribution in [3.8, 4) is 0 Å². The predicted octanol–water partition coefficient (Wildman–Crippen LogP) is 4.84. The third kappa shape index (κ3) is 3.95. The molecule has 19 heavy (non-hydrogen) atoms. The van der Waals surface area contributed by atoms with Crippen molar-refractivity contribution >= 4 is 41.1 Å². The molecule has 0 aliphatic rings. The summed E-state index contributed by atoms with van der Waals surface area (Å²) in [5.74, 6) is -0.276. The van der Waals surface area contributed by atoms with Crippen molar-refractivity contribution in [3.63, 3.8) is 0 Å². The molecule has 0 aliphatic carbocycles. The Morgan fingerprint density at radius 3 is 1.89 bits per heavy atom. The molecule has 1 nitrogen and oxygen atoms in total. The van der Waals surface area contributed by atoms with E-state index >= 15 is 0 Å². The minimum Gasteiger partial charge on any atom is -0.291 e. The fraction of sp³-hybridized carbons (Fsp3) is 0.0625. The number of carbonyl (C=O) groups excluding carboxylic acids is 1. The molecule has 0 atom stereocenters. The molecule has 0 radical (unpaired) electrons. The van der Waals surface area contributed by atoms with Crippen molar-refractivity contribution in [2.24, 2.45) is 0 Å². The molecule has 2 rings (SSSR count). The number of carbonyl (C=O) groups is 1. The van der Waals surface area contributed by atoms with Gasteiger partial charge in [-0.25, -0.2) is 0 Å². The monoisotopic (exact) mass is 290 g/mol. The minimum atomic E-state index is -1.01. The van der Waals surface area contributed by atoms with Crippen LogP contribution in [0.5, 0.6) is 0 Å². The van der Waals surface area contributed by atoms with Gasteiger partial charge in [-0.3, -0.25) is 4.79 Å². The van der Waals surface area contributed by atoms with Crippen molar-refractivity contribution < 1.29 is 4.79 Å². The van der Waals surface area contributed by atoms with Gasteiger partial charge in [-0.15, -0.1) is 0 Å². The number of benzene rings is 2. The summed E-state index contributed by atoms with van der Waals surface area (Å²) in [6.45, 7) is 0. The van der Waals surface area contributed by atoms with E-state index < -0.39 is 4.84 Å². The number of halogens is 2. The van der Waals surface area contributed by atoms with Gasteiger partial charge in [-0.1, -0.05) is 90.0 Å². The van der Waals surface area contributed by atoms with E-state index in [1.165, 1.54) is 0 Å². The van der Waals surface area contributed by atoms with Gasteiger partial charge in [-0.2, -0.15) is 0 Å². The molecule has 3 heteroatoms. The first-order valence-electron chi connectivity index (χ1n) is 5.82. The molecule has 0 saturated carbocycles. The number of hydrogen-bond donors (Lipinski definition) is 0. The number of ketones is 1. The van der Waals surface area contributed by atoms with Gasteiger partial charge in [0.25, 0.3) is 0 Å². The van der Waals surface area contributed by atoms with Crippen LogP contribution in [0.4, 0.5) is 0 Å². The van der Waals surface area contributed by atoms with Crippen LogP contribution < -0.4 is 0 Å². The number of alkyl halides is 2. The zero-order chi connectivity index (χ0) is 13.7. The molecule has 0 unspecified atom stereocenters. The Balaban J connectivity index is 2.11. The molecule has 0 spiro atoms. The van der Waals surface area contributed by atoms with Crippen LogP contribution in [0.15, 0.2) is 54.6 Å². The highest BCUT2D eigenvalue weighted by Crippen LogP contribution is 2.14. The summed E-state index contributed by atoms with van der Waals surface area (Å²) in [7, 11) is 0. The zero-order valence-electron chi connectivity index (χ0n) is 10.1. The van der Waals surface area contributed by atoms with Crippen molar-refractivity contribution in [1.82, 2.24) is 0 Å². The SMILES string of the molecule is O=C(c1ccc(C=Cc2ccccc2)cc1)C(Cl)Cl. The lowest BCUT2D eigenvalue weighted by Gasteiger charge is -2.01. The molecule has 0 aromatic heterocycles. The third-order valence-electron chi connectivity index (χ3n) is 2.66. The molecule has 0 heterocycles. The van der Waals surface area contributed by atoms with E-state index in [1.807, 2.05) is 54.6 Å². The Hall–Kier alpha value is -1.57. The molecule has 0 saturated heterocycles. The highest BCUT2D eigenvalue weighted by atomic mass is 35.5. The van der Waals surface area contributed by atoms with E-state index in [1.54, 1.807) is 12.1 Å². The minimum absolute atomic E-state index is 0.276. The summed E-state index contributed by atoms with van der Waals surface area (Å²) in [5.41, 5.74) is 2.66. The molecule has 0 fully saturated rings. The Bertz CT molecular complexity index is 571. The van der Waals surface area contributed by atoms with E-state index in [9.17, 15) is 4.79 Å². The second-order valence-electron chi connectivity index (χ2n) is 4.03. The third-order valence-corrected chi connectivity index (χ3v) is 3.06. The van der Waals surface area contributed by atoms with Gasteiger partial charge in [0.2, 0.25) is 0 Å². The van der Waals surface area contributed by atoms with Crippen molar-refractivity contribution in [3.05, 3.63) is 71.3 Å². The second kappa shape index (κ2) is 6.55. The van der Waals surface area contributed by atoms with E-state index in [4.69, 9.17) is 23.2 Å². The maximum absolute atomic E-state index is 11.6. The molecule has 0 aliphatic heterocycles. The summed E-state index contributed by atoms with van der Waals surface area (Å²) in [6.07, 6.45) is 4.01. The smallest absolute Gasteiger partial charge is 0.195 e. The van der Waals surface area contributed by atoms with E-state index in [0.29, 0.717) is 5.56 Å². The van der Waals surface area contributed by atoms with Gasteiger partial charge in [-0.05, 0) is 11.1 Å². The fourth-order valence-electron chi connectivity index (χ4n) is 1.64. The van der Waals surface area contributed by atoms with Crippen LogP contribution in [0.3, 0.4) is 0 Å². The van der Waals surface area contributed by atoms with Crippen LogP contribution in [0, 0.1) is 0 Å². The van der Waals surface area contributed by atoms with Gasteiger partial charge in [0, 0.05) is 5.56 Å². The summed E-state index contributed by atoms with van der Waals surface area (Å²) in [5, 5.41) is 0. The van der Waals surface area contributed by atoms with Crippen molar-refractivity contribution in [1.29, 1.82) is 0 Å². The number of hydrogen-bond acceptors (Lipinski definition) is 1. The van der Waals surface area contributed by atoms with Crippen LogP contribution in [0.2, 0.25) is 0 Å². The molecular weight excluding hydrogens is 279 g/mol. The Morgan fingerprint density at radius 2 is 1.37 bits per heavy atom. The molecular formula is C16H12Cl2O. The van der Waals surface area contributed by atoms with E-state index in [-0.39, 0.29) is 5.78 Å². The normalized spacial score (nSPS) is 11.1. The maximum Gasteiger partial charge on any atom is 0.195 e. The first-order valence-corrected chi connectivity index (χ1v) is 6.69. The molecule has 96 valence electrons. The van der Waals surface area contributed by atoms with Gasteiger partial charge in [0.15, 0.2) is 10.6 Å². The zero-order valence-corrected chi connectivity index (χ0v) is 11.6. The predicted molar refractivity (Wildman–Crippen MR) is 81.6 cm³/mol. The Labute approximate surface area is 122 Å². The lowest BCUT2D eigenvalue weighted by atomic mass is 10.1. The lowest BCUT2D eigenvalue weighted by molar-refractivity contribution is 0.101. The van der Waals surface area contributed by atoms with Crippen LogP contribution in [-0.4, -0.2) is 10.6 Å². The van der Waals surface area contributed by atoms with Crippen LogP contribution in [-0.2, 0) is 0 Å². The number of rotatable bonds is 4. The van der Waals surface area contributed by atoms with Crippen molar-refractivity contribution in [2.75, 3.05) is 0 Å². The van der Waals surface area contributed by atoms with Crippen LogP contribution in [0.25, 0.3) is 12.2 Å².